The molecule has 4 aromatic carbocycles. The normalized spacial score (nSPS) is 11.2. The third-order valence-corrected chi connectivity index (χ3v) is 6.85. The van der Waals surface area contributed by atoms with Gasteiger partial charge in [0.25, 0.3) is 5.91 Å². The molecule has 0 unspecified atom stereocenters. The van der Waals surface area contributed by atoms with E-state index in [-0.39, 0.29) is 5.91 Å². The molecule has 1 amide bonds. The van der Waals surface area contributed by atoms with Crippen molar-refractivity contribution in [3.05, 3.63) is 103 Å². The van der Waals surface area contributed by atoms with Gasteiger partial charge in [0.1, 0.15) is 11.4 Å². The Morgan fingerprint density at radius 1 is 0.838 bits per heavy atom. The summed E-state index contributed by atoms with van der Waals surface area (Å²) in [6.45, 7) is 0. The van der Waals surface area contributed by atoms with Gasteiger partial charge in [0, 0.05) is 47.2 Å². The van der Waals surface area contributed by atoms with Crippen LogP contribution in [0.25, 0.3) is 44.3 Å². The van der Waals surface area contributed by atoms with Crippen molar-refractivity contribution in [2.75, 3.05) is 12.4 Å². The van der Waals surface area contributed by atoms with Crippen LogP contribution < -0.4 is 10.1 Å². The van der Waals surface area contributed by atoms with Gasteiger partial charge in [-0.05, 0) is 54.1 Å². The summed E-state index contributed by atoms with van der Waals surface area (Å²) in [5, 5.41) is 9.96. The molecule has 37 heavy (non-hydrogen) atoms. The lowest BCUT2D eigenvalue weighted by molar-refractivity contribution is 0.102. The van der Waals surface area contributed by atoms with Crippen LogP contribution in [0.15, 0.2) is 97.1 Å². The molecule has 6 rings (SSSR count). The summed E-state index contributed by atoms with van der Waals surface area (Å²) in [5.74, 6) is 0.568. The molecule has 0 radical (unpaired) electrons. The van der Waals surface area contributed by atoms with Gasteiger partial charge in [-0.25, -0.2) is 0 Å². The van der Waals surface area contributed by atoms with Crippen molar-refractivity contribution in [3.8, 4) is 28.3 Å². The number of hydrogen-bond acceptors (Lipinski definition) is 3. The van der Waals surface area contributed by atoms with Gasteiger partial charge in [-0.1, -0.05) is 48.5 Å². The lowest BCUT2D eigenvalue weighted by Crippen LogP contribution is -2.12. The van der Waals surface area contributed by atoms with Gasteiger partial charge < -0.3 is 14.6 Å². The molecule has 1 N–H and O–H groups in total. The summed E-state index contributed by atoms with van der Waals surface area (Å²) in [5.41, 5.74) is 7.16. The fourth-order valence-electron chi connectivity index (χ4n) is 4.94. The van der Waals surface area contributed by atoms with E-state index in [9.17, 15) is 4.79 Å². The first-order valence-corrected chi connectivity index (χ1v) is 12.1. The Morgan fingerprint density at radius 3 is 2.41 bits per heavy atom. The smallest absolute Gasteiger partial charge is 0.255 e. The second kappa shape index (κ2) is 8.99. The number of nitrogens with one attached hydrogen (secondary N) is 1. The SMILES string of the molecule is COc1ccc(NC(=O)c2ccc3c(c2)c(-c2cc4ccccc4n2C)nn3C)cc1-c1ccccc1. The fourth-order valence-corrected chi connectivity index (χ4v) is 4.94. The van der Waals surface area contributed by atoms with Crippen molar-refractivity contribution in [3.63, 3.8) is 0 Å². The van der Waals surface area contributed by atoms with Gasteiger partial charge in [0.15, 0.2) is 0 Å². The highest BCUT2D eigenvalue weighted by atomic mass is 16.5. The number of rotatable bonds is 5. The highest BCUT2D eigenvalue weighted by Crippen LogP contribution is 2.34. The second-order valence-corrected chi connectivity index (χ2v) is 9.09. The fraction of sp³-hybridized carbons (Fsp3) is 0.0968. The molecule has 0 aliphatic carbocycles. The summed E-state index contributed by atoms with van der Waals surface area (Å²) in [7, 11) is 5.62. The molecular formula is C31H26N4O2. The summed E-state index contributed by atoms with van der Waals surface area (Å²) in [4.78, 5) is 13.3. The largest absolute Gasteiger partial charge is 0.496 e. The van der Waals surface area contributed by atoms with E-state index in [0.29, 0.717) is 11.3 Å². The number of nitrogens with zero attached hydrogens (tertiary/aromatic N) is 3. The first-order valence-electron chi connectivity index (χ1n) is 12.1. The Morgan fingerprint density at radius 2 is 1.62 bits per heavy atom. The number of carbonyl (C=O) groups excluding carboxylic acids is 1. The minimum atomic E-state index is -0.182. The number of carbonyl (C=O) groups is 1. The summed E-state index contributed by atoms with van der Waals surface area (Å²) in [6.07, 6.45) is 0. The summed E-state index contributed by atoms with van der Waals surface area (Å²) in [6, 6.07) is 31.8. The van der Waals surface area contributed by atoms with Crippen molar-refractivity contribution in [1.29, 1.82) is 0 Å². The molecule has 0 bridgehead atoms. The molecule has 0 aliphatic rings. The van der Waals surface area contributed by atoms with Crippen LogP contribution in [0.3, 0.4) is 0 Å². The third kappa shape index (κ3) is 3.93. The topological polar surface area (TPSA) is 61.1 Å². The predicted molar refractivity (Wildman–Crippen MR) is 149 cm³/mol. The molecule has 0 saturated carbocycles. The van der Waals surface area contributed by atoms with Gasteiger partial charge in [0.05, 0.1) is 18.3 Å². The molecule has 0 aliphatic heterocycles. The van der Waals surface area contributed by atoms with Crippen LogP contribution in [0.4, 0.5) is 5.69 Å². The van der Waals surface area contributed by atoms with E-state index in [1.165, 1.54) is 0 Å². The van der Waals surface area contributed by atoms with E-state index in [4.69, 9.17) is 9.84 Å². The molecule has 6 nitrogen and oxygen atoms in total. The Labute approximate surface area is 214 Å². The zero-order valence-electron chi connectivity index (χ0n) is 20.9. The van der Waals surface area contributed by atoms with Crippen molar-refractivity contribution in [2.24, 2.45) is 14.1 Å². The first kappa shape index (κ1) is 22.6. The van der Waals surface area contributed by atoms with Crippen LogP contribution in [-0.2, 0) is 14.1 Å². The molecule has 2 heterocycles. The number of ether oxygens (including phenoxy) is 1. The van der Waals surface area contributed by atoms with Crippen molar-refractivity contribution in [1.82, 2.24) is 14.3 Å². The number of anilines is 1. The molecule has 0 saturated heterocycles. The third-order valence-electron chi connectivity index (χ3n) is 6.85. The van der Waals surface area contributed by atoms with Gasteiger partial charge in [-0.3, -0.25) is 9.48 Å². The number of hydrogen-bond donors (Lipinski definition) is 1. The average molecular weight is 487 g/mol. The van der Waals surface area contributed by atoms with Gasteiger partial charge in [0.2, 0.25) is 0 Å². The minimum absolute atomic E-state index is 0.182. The lowest BCUT2D eigenvalue weighted by atomic mass is 10.0. The number of para-hydroxylation sites is 1. The lowest BCUT2D eigenvalue weighted by Gasteiger charge is -2.12. The molecule has 182 valence electrons. The van der Waals surface area contributed by atoms with Crippen molar-refractivity contribution >= 4 is 33.4 Å². The highest BCUT2D eigenvalue weighted by molar-refractivity contribution is 6.08. The van der Waals surface area contributed by atoms with E-state index in [2.05, 4.69) is 28.1 Å². The molecule has 0 spiro atoms. The Kier molecular flexibility index (Phi) is 5.49. The van der Waals surface area contributed by atoms with E-state index in [1.54, 1.807) is 7.11 Å². The number of aryl methyl sites for hydroxylation is 2. The summed E-state index contributed by atoms with van der Waals surface area (Å²) >= 11 is 0. The average Bonchev–Trinajstić information content (AvgIpc) is 3.45. The van der Waals surface area contributed by atoms with E-state index in [0.717, 1.165) is 50.1 Å². The molecule has 6 heteroatoms. The zero-order chi connectivity index (χ0) is 25.5. The Bertz CT molecular complexity index is 1780. The van der Waals surface area contributed by atoms with Gasteiger partial charge in [-0.15, -0.1) is 0 Å². The molecule has 0 atom stereocenters. The zero-order valence-corrected chi connectivity index (χ0v) is 20.9. The number of amides is 1. The molecule has 0 fully saturated rings. The quantitative estimate of drug-likeness (QED) is 0.296. The highest BCUT2D eigenvalue weighted by Gasteiger charge is 2.18. The van der Waals surface area contributed by atoms with Crippen molar-refractivity contribution in [2.45, 2.75) is 0 Å². The van der Waals surface area contributed by atoms with Gasteiger partial charge >= 0.3 is 0 Å². The van der Waals surface area contributed by atoms with Crippen LogP contribution in [0, 0.1) is 0 Å². The molecule has 6 aromatic rings. The minimum Gasteiger partial charge on any atom is -0.496 e. The van der Waals surface area contributed by atoms with Crippen molar-refractivity contribution < 1.29 is 9.53 Å². The van der Waals surface area contributed by atoms with Crippen LogP contribution in [0.2, 0.25) is 0 Å². The van der Waals surface area contributed by atoms with Crippen LogP contribution >= 0.6 is 0 Å². The van der Waals surface area contributed by atoms with Gasteiger partial charge in [-0.2, -0.15) is 5.10 Å². The first-order chi connectivity index (χ1) is 18.0. The Hall–Kier alpha value is -4.84. The standard InChI is InChI=1S/C31H26N4O2/c1-34-26-12-8-7-11-21(26)18-28(34)30-25-17-22(13-15-27(25)35(2)33-30)31(36)32-23-14-16-29(37-3)24(19-23)20-9-5-4-6-10-20/h4-19H,1-3H3,(H,32,36). The summed E-state index contributed by atoms with van der Waals surface area (Å²) < 4.78 is 9.56. The van der Waals surface area contributed by atoms with Crippen LogP contribution in [0.5, 0.6) is 5.75 Å². The maximum atomic E-state index is 13.3. The maximum absolute atomic E-state index is 13.3. The number of fused-ring (bicyclic) bond motifs is 2. The second-order valence-electron chi connectivity index (χ2n) is 9.09. The molecular weight excluding hydrogens is 460 g/mol. The van der Waals surface area contributed by atoms with E-state index < -0.39 is 0 Å². The maximum Gasteiger partial charge on any atom is 0.255 e. The predicted octanol–water partition coefficient (Wildman–Crippen LogP) is 6.66. The van der Waals surface area contributed by atoms with Crippen LogP contribution in [0.1, 0.15) is 10.4 Å². The molecule has 2 aromatic heterocycles. The Balaban J connectivity index is 1.37. The van der Waals surface area contributed by atoms with E-state index in [1.807, 2.05) is 97.6 Å². The van der Waals surface area contributed by atoms with Crippen LogP contribution in [-0.4, -0.2) is 27.4 Å². The number of methoxy groups -OCH3 is 1. The number of benzene rings is 4. The monoisotopic (exact) mass is 486 g/mol. The number of aromatic nitrogens is 3. The van der Waals surface area contributed by atoms with E-state index >= 15 is 0 Å².